The third-order valence-corrected chi connectivity index (χ3v) is 3.11. The fourth-order valence-corrected chi connectivity index (χ4v) is 1.91. The smallest absolute Gasteiger partial charge is 0.0668 e. The minimum Gasteiger partial charge on any atom is -0.374 e. The van der Waals surface area contributed by atoms with Crippen LogP contribution in [-0.4, -0.2) is 18.8 Å². The van der Waals surface area contributed by atoms with E-state index in [0.29, 0.717) is 0 Å². The van der Waals surface area contributed by atoms with Crippen molar-refractivity contribution >= 4 is 0 Å². The van der Waals surface area contributed by atoms with Crippen molar-refractivity contribution in [3.63, 3.8) is 0 Å². The molecule has 0 saturated carbocycles. The van der Waals surface area contributed by atoms with E-state index >= 15 is 0 Å². The monoisotopic (exact) mass is 263 g/mol. The molecule has 1 aromatic carbocycles. The molecule has 2 heteroatoms. The van der Waals surface area contributed by atoms with Gasteiger partial charge in [0.05, 0.1) is 18.2 Å². The molecular weight excluding hydrogens is 234 g/mol. The summed E-state index contributed by atoms with van der Waals surface area (Å²) in [5, 5.41) is 3.57. The van der Waals surface area contributed by atoms with Gasteiger partial charge in [-0.05, 0) is 51.3 Å². The molecule has 108 valence electrons. The maximum Gasteiger partial charge on any atom is 0.0668 e. The Balaban J connectivity index is 2.70. The average Bonchev–Trinajstić information content (AvgIpc) is 2.38. The van der Waals surface area contributed by atoms with E-state index in [-0.39, 0.29) is 11.6 Å². The van der Waals surface area contributed by atoms with Crippen molar-refractivity contribution in [3.8, 4) is 0 Å². The van der Waals surface area contributed by atoms with E-state index in [9.17, 15) is 0 Å². The van der Waals surface area contributed by atoms with Gasteiger partial charge in [0.2, 0.25) is 0 Å². The van der Waals surface area contributed by atoms with Crippen LogP contribution >= 0.6 is 0 Å². The molecule has 2 nitrogen and oxygen atoms in total. The Hall–Kier alpha value is -0.860. The standard InChI is InChI=1S/C17H29NO/c1-6-12-18-16(13-19-17(3,4)5)15-10-8-14(7-2)9-11-15/h8-11,16,18H,6-7,12-13H2,1-5H3. The summed E-state index contributed by atoms with van der Waals surface area (Å²) in [6, 6.07) is 9.15. The lowest BCUT2D eigenvalue weighted by atomic mass is 10.0. The number of aryl methyl sites for hydroxylation is 1. The molecule has 0 aromatic heterocycles. The zero-order valence-electron chi connectivity index (χ0n) is 13.1. The highest BCUT2D eigenvalue weighted by Crippen LogP contribution is 2.18. The molecular formula is C17H29NO. The van der Waals surface area contributed by atoms with Crippen molar-refractivity contribution in [1.29, 1.82) is 0 Å². The van der Waals surface area contributed by atoms with E-state index in [1.807, 2.05) is 0 Å². The van der Waals surface area contributed by atoms with Crippen molar-refractivity contribution in [1.82, 2.24) is 5.32 Å². The summed E-state index contributed by atoms with van der Waals surface area (Å²) in [4.78, 5) is 0. The molecule has 0 spiro atoms. The molecule has 0 heterocycles. The largest absolute Gasteiger partial charge is 0.374 e. The summed E-state index contributed by atoms with van der Waals surface area (Å²) < 4.78 is 5.94. The molecule has 0 bridgehead atoms. The quantitative estimate of drug-likeness (QED) is 0.799. The van der Waals surface area contributed by atoms with Gasteiger partial charge in [-0.15, -0.1) is 0 Å². The molecule has 0 fully saturated rings. The van der Waals surface area contributed by atoms with Crippen molar-refractivity contribution in [2.45, 2.75) is 59.1 Å². The lowest BCUT2D eigenvalue weighted by molar-refractivity contribution is -0.0147. The number of hydrogen-bond donors (Lipinski definition) is 1. The highest BCUT2D eigenvalue weighted by atomic mass is 16.5. The van der Waals surface area contributed by atoms with Crippen molar-refractivity contribution < 1.29 is 4.74 Å². The number of ether oxygens (including phenoxy) is 1. The van der Waals surface area contributed by atoms with E-state index in [1.54, 1.807) is 0 Å². The minimum absolute atomic E-state index is 0.0878. The van der Waals surface area contributed by atoms with Gasteiger partial charge in [-0.25, -0.2) is 0 Å². The van der Waals surface area contributed by atoms with Gasteiger partial charge in [-0.2, -0.15) is 0 Å². The molecule has 0 aliphatic carbocycles. The second kappa shape index (κ2) is 7.66. The maximum atomic E-state index is 5.94. The molecule has 1 aromatic rings. The SMILES string of the molecule is CCCNC(COC(C)(C)C)c1ccc(CC)cc1. The van der Waals surface area contributed by atoms with E-state index < -0.39 is 0 Å². The minimum atomic E-state index is -0.0878. The van der Waals surface area contributed by atoms with Crippen LogP contribution in [0.2, 0.25) is 0 Å². The van der Waals surface area contributed by atoms with Crippen molar-refractivity contribution in [3.05, 3.63) is 35.4 Å². The van der Waals surface area contributed by atoms with Crippen LogP contribution in [0.15, 0.2) is 24.3 Å². The molecule has 1 atom stereocenters. The Kier molecular flexibility index (Phi) is 6.53. The van der Waals surface area contributed by atoms with Gasteiger partial charge in [0.1, 0.15) is 0 Å². The number of benzene rings is 1. The predicted molar refractivity (Wildman–Crippen MR) is 82.6 cm³/mol. The highest BCUT2D eigenvalue weighted by Gasteiger charge is 2.16. The van der Waals surface area contributed by atoms with Crippen LogP contribution in [0.1, 0.15) is 58.2 Å². The second-order valence-corrected chi connectivity index (χ2v) is 6.03. The van der Waals surface area contributed by atoms with Gasteiger partial charge < -0.3 is 10.1 Å². The van der Waals surface area contributed by atoms with Gasteiger partial charge in [0, 0.05) is 0 Å². The Morgan fingerprint density at radius 3 is 2.21 bits per heavy atom. The fourth-order valence-electron chi connectivity index (χ4n) is 1.91. The third-order valence-electron chi connectivity index (χ3n) is 3.11. The van der Waals surface area contributed by atoms with Gasteiger partial charge in [0.15, 0.2) is 0 Å². The van der Waals surface area contributed by atoms with Crippen LogP contribution in [0, 0.1) is 0 Å². The molecule has 1 N–H and O–H groups in total. The fraction of sp³-hybridized carbons (Fsp3) is 0.647. The van der Waals surface area contributed by atoms with Crippen molar-refractivity contribution in [2.75, 3.05) is 13.2 Å². The highest BCUT2D eigenvalue weighted by molar-refractivity contribution is 5.25. The van der Waals surface area contributed by atoms with Crippen LogP contribution in [0.25, 0.3) is 0 Å². The van der Waals surface area contributed by atoms with Crippen LogP contribution in [-0.2, 0) is 11.2 Å². The number of nitrogens with one attached hydrogen (secondary N) is 1. The molecule has 0 radical (unpaired) electrons. The molecule has 1 unspecified atom stereocenters. The predicted octanol–water partition coefficient (Wildman–Crippen LogP) is 4.10. The molecule has 19 heavy (non-hydrogen) atoms. The Labute approximate surface area is 118 Å². The zero-order valence-corrected chi connectivity index (χ0v) is 13.1. The van der Waals surface area contributed by atoms with E-state index in [2.05, 4.69) is 64.2 Å². The number of hydrogen-bond acceptors (Lipinski definition) is 2. The lowest BCUT2D eigenvalue weighted by Crippen LogP contribution is -2.30. The second-order valence-electron chi connectivity index (χ2n) is 6.03. The first-order valence-corrected chi connectivity index (χ1v) is 7.42. The van der Waals surface area contributed by atoms with Gasteiger partial charge in [-0.3, -0.25) is 0 Å². The van der Waals surface area contributed by atoms with E-state index in [0.717, 1.165) is 26.0 Å². The topological polar surface area (TPSA) is 21.3 Å². The van der Waals surface area contributed by atoms with E-state index in [4.69, 9.17) is 4.74 Å². The Bertz CT molecular complexity index is 351. The number of rotatable bonds is 7. The van der Waals surface area contributed by atoms with Crippen molar-refractivity contribution in [2.24, 2.45) is 0 Å². The van der Waals surface area contributed by atoms with Crippen LogP contribution < -0.4 is 5.32 Å². The summed E-state index contributed by atoms with van der Waals surface area (Å²) in [6.07, 6.45) is 2.23. The zero-order chi connectivity index (χ0) is 14.3. The van der Waals surface area contributed by atoms with E-state index in [1.165, 1.54) is 11.1 Å². The summed E-state index contributed by atoms with van der Waals surface area (Å²) in [5.41, 5.74) is 2.61. The summed E-state index contributed by atoms with van der Waals surface area (Å²) >= 11 is 0. The maximum absolute atomic E-state index is 5.94. The first-order valence-electron chi connectivity index (χ1n) is 7.42. The Morgan fingerprint density at radius 2 is 1.74 bits per heavy atom. The first kappa shape index (κ1) is 16.2. The molecule has 0 saturated heterocycles. The Morgan fingerprint density at radius 1 is 1.11 bits per heavy atom. The van der Waals surface area contributed by atoms with Gasteiger partial charge in [-0.1, -0.05) is 38.1 Å². The summed E-state index contributed by atoms with van der Waals surface area (Å²) in [6.45, 7) is 12.4. The molecule has 0 aliphatic rings. The average molecular weight is 263 g/mol. The molecule has 1 rings (SSSR count). The summed E-state index contributed by atoms with van der Waals surface area (Å²) in [5.74, 6) is 0. The normalized spacial score (nSPS) is 13.5. The van der Waals surface area contributed by atoms with Crippen LogP contribution in [0.5, 0.6) is 0 Å². The summed E-state index contributed by atoms with van der Waals surface area (Å²) in [7, 11) is 0. The van der Waals surface area contributed by atoms with Crippen LogP contribution in [0.4, 0.5) is 0 Å². The van der Waals surface area contributed by atoms with Crippen LogP contribution in [0.3, 0.4) is 0 Å². The molecule has 0 aliphatic heterocycles. The van der Waals surface area contributed by atoms with Gasteiger partial charge >= 0.3 is 0 Å². The third kappa shape index (κ3) is 6.22. The first-order chi connectivity index (χ1) is 8.96. The van der Waals surface area contributed by atoms with Gasteiger partial charge in [0.25, 0.3) is 0 Å². The molecule has 0 amide bonds. The lowest BCUT2D eigenvalue weighted by Gasteiger charge is -2.25.